The molecule has 180 valence electrons. The van der Waals surface area contributed by atoms with Crippen molar-refractivity contribution in [2.75, 3.05) is 13.2 Å². The quantitative estimate of drug-likeness (QED) is 0.0423. The van der Waals surface area contributed by atoms with Crippen LogP contribution in [0.25, 0.3) is 0 Å². The molecule has 0 aromatic carbocycles. The molecule has 10 heteroatoms. The number of phosphoric acid groups is 1. The lowest BCUT2D eigenvalue weighted by atomic mass is 10.1. The van der Waals surface area contributed by atoms with E-state index in [1.165, 1.54) is 0 Å². The fourth-order valence-corrected chi connectivity index (χ4v) is 2.87. The van der Waals surface area contributed by atoms with Crippen LogP contribution in [0.2, 0.25) is 0 Å². The van der Waals surface area contributed by atoms with E-state index >= 15 is 0 Å². The first-order chi connectivity index (χ1) is 14.8. The van der Waals surface area contributed by atoms with Crippen LogP contribution in [0.15, 0.2) is 36.5 Å². The summed E-state index contributed by atoms with van der Waals surface area (Å²) in [7, 11) is -4.65. The van der Waals surface area contributed by atoms with Crippen molar-refractivity contribution in [2.45, 2.75) is 76.9 Å². The van der Waals surface area contributed by atoms with Crippen molar-refractivity contribution in [3.63, 3.8) is 0 Å². The molecule has 0 aliphatic carbocycles. The maximum absolute atomic E-state index is 11.6. The summed E-state index contributed by atoms with van der Waals surface area (Å²) in [5.74, 6) is -0.479. The van der Waals surface area contributed by atoms with E-state index in [1.54, 1.807) is 0 Å². The highest BCUT2D eigenvalue weighted by Crippen LogP contribution is 2.35. The standard InChI is InChI=1S/C21H37O9P/c1-2-3-4-5-6-8-11-14-20(30-24)15-12-9-7-10-13-16-21(23)28-17-19(22)18-29-31(25,26)27/h3-4,6,8,11,14,19-20,22,24H,2,5,7,9-10,12-13,15-18H2,1H3,(H2,25,26,27)/b4-3-,8-6-,14-11+. The van der Waals surface area contributed by atoms with Gasteiger partial charge in [-0.15, -0.1) is 0 Å². The van der Waals surface area contributed by atoms with Gasteiger partial charge in [0, 0.05) is 6.42 Å². The van der Waals surface area contributed by atoms with Gasteiger partial charge in [0.25, 0.3) is 0 Å². The Kier molecular flexibility index (Phi) is 18.5. The molecule has 0 radical (unpaired) electrons. The Hall–Kier alpha value is -1.32. The number of allylic oxidation sites excluding steroid dienone is 5. The molecule has 0 spiro atoms. The maximum Gasteiger partial charge on any atom is 0.469 e. The zero-order valence-electron chi connectivity index (χ0n) is 18.2. The van der Waals surface area contributed by atoms with Gasteiger partial charge in [-0.2, -0.15) is 0 Å². The second kappa shape index (κ2) is 19.4. The zero-order chi connectivity index (χ0) is 23.4. The van der Waals surface area contributed by atoms with E-state index < -0.39 is 26.5 Å². The van der Waals surface area contributed by atoms with E-state index in [9.17, 15) is 14.5 Å². The lowest BCUT2D eigenvalue weighted by Gasteiger charge is -2.12. The first kappa shape index (κ1) is 29.7. The first-order valence-electron chi connectivity index (χ1n) is 10.6. The van der Waals surface area contributed by atoms with Crippen molar-refractivity contribution in [1.29, 1.82) is 0 Å². The number of hydrogen-bond acceptors (Lipinski definition) is 7. The van der Waals surface area contributed by atoms with Gasteiger partial charge in [-0.1, -0.05) is 69.1 Å². The van der Waals surface area contributed by atoms with Gasteiger partial charge in [0.05, 0.1) is 6.61 Å². The Morgan fingerprint density at radius 2 is 1.71 bits per heavy atom. The minimum atomic E-state index is -4.65. The van der Waals surface area contributed by atoms with Crippen molar-refractivity contribution in [2.24, 2.45) is 0 Å². The molecule has 0 bridgehead atoms. The second-order valence-electron chi connectivity index (χ2n) is 7.00. The molecule has 0 rings (SSSR count). The van der Waals surface area contributed by atoms with E-state index in [-0.39, 0.29) is 19.1 Å². The van der Waals surface area contributed by atoms with Gasteiger partial charge in [0.2, 0.25) is 0 Å². The van der Waals surface area contributed by atoms with Crippen molar-refractivity contribution < 1.29 is 43.7 Å². The van der Waals surface area contributed by atoms with Crippen LogP contribution < -0.4 is 0 Å². The number of rotatable bonds is 19. The van der Waals surface area contributed by atoms with E-state index in [2.05, 4.69) is 28.5 Å². The third kappa shape index (κ3) is 21.7. The molecule has 0 saturated heterocycles. The summed E-state index contributed by atoms with van der Waals surface area (Å²) in [4.78, 5) is 33.1. The topological polar surface area (TPSA) is 143 Å². The normalized spacial score (nSPS) is 14.6. The molecule has 0 aromatic rings. The lowest BCUT2D eigenvalue weighted by molar-refractivity contribution is -0.267. The van der Waals surface area contributed by atoms with Gasteiger partial charge >= 0.3 is 13.8 Å². The highest BCUT2D eigenvalue weighted by Gasteiger charge is 2.17. The molecular weight excluding hydrogens is 427 g/mol. The molecule has 0 heterocycles. The molecule has 31 heavy (non-hydrogen) atoms. The summed E-state index contributed by atoms with van der Waals surface area (Å²) < 4.78 is 19.5. The predicted molar refractivity (Wildman–Crippen MR) is 117 cm³/mol. The summed E-state index contributed by atoms with van der Waals surface area (Å²) in [6.45, 7) is 1.10. The Balaban J connectivity index is 3.72. The average molecular weight is 464 g/mol. The van der Waals surface area contributed by atoms with Crippen molar-refractivity contribution in [3.8, 4) is 0 Å². The Labute approximate surface area is 184 Å². The summed E-state index contributed by atoms with van der Waals surface area (Å²) in [5.41, 5.74) is 0. The molecular formula is C21H37O9P. The zero-order valence-corrected chi connectivity index (χ0v) is 19.1. The van der Waals surface area contributed by atoms with Crippen LogP contribution >= 0.6 is 7.82 Å². The molecule has 0 aromatic heterocycles. The number of aliphatic hydroxyl groups excluding tert-OH is 1. The molecule has 4 N–H and O–H groups in total. The van der Waals surface area contributed by atoms with Crippen LogP contribution in [0.3, 0.4) is 0 Å². The highest BCUT2D eigenvalue weighted by molar-refractivity contribution is 7.46. The fourth-order valence-electron chi connectivity index (χ4n) is 2.51. The molecule has 9 nitrogen and oxygen atoms in total. The van der Waals surface area contributed by atoms with Crippen LogP contribution in [-0.4, -0.2) is 51.5 Å². The third-order valence-electron chi connectivity index (χ3n) is 4.12. The van der Waals surface area contributed by atoms with E-state index in [0.29, 0.717) is 12.8 Å². The van der Waals surface area contributed by atoms with Gasteiger partial charge in [-0.25, -0.2) is 9.45 Å². The van der Waals surface area contributed by atoms with Crippen LogP contribution in [0, 0.1) is 0 Å². The number of unbranched alkanes of at least 4 members (excludes halogenated alkanes) is 4. The monoisotopic (exact) mass is 464 g/mol. The number of phosphoric ester groups is 1. The van der Waals surface area contributed by atoms with E-state index in [4.69, 9.17) is 19.8 Å². The largest absolute Gasteiger partial charge is 0.469 e. The van der Waals surface area contributed by atoms with Crippen molar-refractivity contribution in [1.82, 2.24) is 0 Å². The number of ether oxygens (including phenoxy) is 1. The van der Waals surface area contributed by atoms with Crippen LogP contribution in [-0.2, 0) is 23.5 Å². The number of carbonyl (C=O) groups excluding carboxylic acids is 1. The Bertz CT molecular complexity index is 583. The third-order valence-corrected chi connectivity index (χ3v) is 4.61. The second-order valence-corrected chi connectivity index (χ2v) is 8.24. The Morgan fingerprint density at radius 3 is 2.39 bits per heavy atom. The molecule has 2 atom stereocenters. The summed E-state index contributed by atoms with van der Waals surface area (Å²) in [5, 5.41) is 18.4. The molecule has 2 unspecified atom stereocenters. The molecule has 0 aliphatic heterocycles. The summed E-state index contributed by atoms with van der Waals surface area (Å²) >= 11 is 0. The van der Waals surface area contributed by atoms with Gasteiger partial charge in [0.1, 0.15) is 18.8 Å². The average Bonchev–Trinajstić information content (AvgIpc) is 2.72. The highest BCUT2D eigenvalue weighted by atomic mass is 31.2. The molecule has 0 aliphatic rings. The predicted octanol–water partition coefficient (Wildman–Crippen LogP) is 4.06. The van der Waals surface area contributed by atoms with Crippen molar-refractivity contribution >= 4 is 13.8 Å². The Morgan fingerprint density at radius 1 is 1.00 bits per heavy atom. The molecule has 0 amide bonds. The van der Waals surface area contributed by atoms with Gasteiger partial charge in [-0.3, -0.25) is 14.6 Å². The number of carbonyl (C=O) groups is 1. The van der Waals surface area contributed by atoms with Crippen LogP contribution in [0.5, 0.6) is 0 Å². The van der Waals surface area contributed by atoms with Gasteiger partial charge < -0.3 is 19.6 Å². The minimum absolute atomic E-state index is 0.205. The van der Waals surface area contributed by atoms with Gasteiger partial charge in [0.15, 0.2) is 0 Å². The van der Waals surface area contributed by atoms with Crippen LogP contribution in [0.1, 0.15) is 64.7 Å². The van der Waals surface area contributed by atoms with Crippen LogP contribution in [0.4, 0.5) is 0 Å². The summed E-state index contributed by atoms with van der Waals surface area (Å²) in [6.07, 6.45) is 17.2. The molecule has 0 fully saturated rings. The molecule has 0 saturated carbocycles. The number of aliphatic hydroxyl groups is 1. The SMILES string of the molecule is CC/C=C\C/C=C\C=C\C(CCCCCCCC(=O)OCC(O)COP(=O)(O)O)OO. The number of hydrogen-bond donors (Lipinski definition) is 4. The van der Waals surface area contributed by atoms with Gasteiger partial charge in [-0.05, 0) is 25.7 Å². The lowest BCUT2D eigenvalue weighted by Crippen LogP contribution is -2.23. The summed E-state index contributed by atoms with van der Waals surface area (Å²) in [6, 6.07) is 0. The fraction of sp³-hybridized carbons (Fsp3) is 0.667. The number of esters is 1. The van der Waals surface area contributed by atoms with E-state index in [1.807, 2.05) is 24.3 Å². The first-order valence-corrected chi connectivity index (χ1v) is 12.1. The van der Waals surface area contributed by atoms with Crippen molar-refractivity contribution in [3.05, 3.63) is 36.5 Å². The van der Waals surface area contributed by atoms with E-state index in [0.717, 1.165) is 38.5 Å². The minimum Gasteiger partial charge on any atom is -0.463 e. The maximum atomic E-state index is 11.6. The smallest absolute Gasteiger partial charge is 0.463 e.